The second-order valence-electron chi connectivity index (χ2n) is 5.82. The molecule has 3 unspecified atom stereocenters. The second kappa shape index (κ2) is 5.03. The van der Waals surface area contributed by atoms with Gasteiger partial charge in [0, 0.05) is 31.2 Å². The van der Waals surface area contributed by atoms with Crippen LogP contribution in [-0.4, -0.2) is 37.5 Å². The zero-order chi connectivity index (χ0) is 11.6. The topological polar surface area (TPSA) is 41.5 Å². The molecular formula is C13H25NO2. The highest BCUT2D eigenvalue weighted by atomic mass is 16.5. The Labute approximate surface area is 98.6 Å². The largest absolute Gasteiger partial charge is 0.396 e. The number of ether oxygens (including phenoxy) is 1. The van der Waals surface area contributed by atoms with Crippen LogP contribution in [0.2, 0.25) is 0 Å². The summed E-state index contributed by atoms with van der Waals surface area (Å²) in [6.07, 6.45) is 6.25. The monoisotopic (exact) mass is 227 g/mol. The molecule has 2 aliphatic rings. The summed E-state index contributed by atoms with van der Waals surface area (Å²) < 4.78 is 5.29. The fourth-order valence-corrected chi connectivity index (χ4v) is 2.96. The Morgan fingerprint density at radius 1 is 1.44 bits per heavy atom. The molecule has 0 heterocycles. The van der Waals surface area contributed by atoms with Crippen LogP contribution in [0.15, 0.2) is 0 Å². The Bertz CT molecular complexity index is 230. The Balaban J connectivity index is 1.91. The van der Waals surface area contributed by atoms with E-state index in [-0.39, 0.29) is 5.41 Å². The van der Waals surface area contributed by atoms with Gasteiger partial charge in [0.15, 0.2) is 0 Å². The molecule has 0 radical (unpaired) electrons. The highest BCUT2D eigenvalue weighted by Gasteiger charge is 2.41. The lowest BCUT2D eigenvalue weighted by molar-refractivity contribution is 0.0935. The minimum atomic E-state index is 0.0842. The number of aliphatic hydroxyl groups is 1. The van der Waals surface area contributed by atoms with E-state index in [0.717, 1.165) is 18.9 Å². The van der Waals surface area contributed by atoms with Gasteiger partial charge in [0.2, 0.25) is 0 Å². The van der Waals surface area contributed by atoms with Crippen molar-refractivity contribution < 1.29 is 9.84 Å². The Morgan fingerprint density at radius 3 is 2.75 bits per heavy atom. The minimum Gasteiger partial charge on any atom is -0.396 e. The van der Waals surface area contributed by atoms with Crippen LogP contribution < -0.4 is 5.32 Å². The van der Waals surface area contributed by atoms with Gasteiger partial charge in [-0.3, -0.25) is 0 Å². The van der Waals surface area contributed by atoms with E-state index in [0.29, 0.717) is 18.7 Å². The van der Waals surface area contributed by atoms with Crippen LogP contribution in [0.5, 0.6) is 0 Å². The van der Waals surface area contributed by atoms with Crippen molar-refractivity contribution in [2.24, 2.45) is 11.3 Å². The Kier molecular flexibility index (Phi) is 3.88. The summed E-state index contributed by atoms with van der Waals surface area (Å²) in [7, 11) is 1.77. The molecule has 0 bridgehead atoms. The van der Waals surface area contributed by atoms with Crippen LogP contribution in [0.25, 0.3) is 0 Å². The summed E-state index contributed by atoms with van der Waals surface area (Å²) in [5.74, 6) is 0.809. The molecule has 2 saturated carbocycles. The molecule has 0 aromatic rings. The third-order valence-corrected chi connectivity index (χ3v) is 4.40. The molecule has 94 valence electrons. The van der Waals surface area contributed by atoms with Gasteiger partial charge in [0.05, 0.1) is 6.61 Å². The van der Waals surface area contributed by atoms with E-state index in [9.17, 15) is 5.11 Å². The number of aliphatic hydroxyl groups excluding tert-OH is 1. The number of methoxy groups -OCH3 is 1. The Morgan fingerprint density at radius 2 is 2.19 bits per heavy atom. The van der Waals surface area contributed by atoms with E-state index in [1.807, 2.05) is 0 Å². The molecular weight excluding hydrogens is 202 g/mol. The molecule has 0 aliphatic heterocycles. The van der Waals surface area contributed by atoms with Gasteiger partial charge in [-0.2, -0.15) is 0 Å². The van der Waals surface area contributed by atoms with Gasteiger partial charge in [0.1, 0.15) is 0 Å². The molecule has 0 aromatic carbocycles. The zero-order valence-corrected chi connectivity index (χ0v) is 10.5. The number of hydrogen-bond acceptors (Lipinski definition) is 3. The van der Waals surface area contributed by atoms with Crippen molar-refractivity contribution in [3.05, 3.63) is 0 Å². The van der Waals surface area contributed by atoms with Gasteiger partial charge in [-0.15, -0.1) is 0 Å². The van der Waals surface area contributed by atoms with Crippen LogP contribution in [0, 0.1) is 11.3 Å². The fraction of sp³-hybridized carbons (Fsp3) is 1.00. The maximum Gasteiger partial charge on any atom is 0.0618 e. The predicted octanol–water partition coefficient (Wildman–Crippen LogP) is 1.55. The van der Waals surface area contributed by atoms with E-state index in [1.165, 1.54) is 25.7 Å². The molecule has 2 aliphatic carbocycles. The maximum atomic E-state index is 9.52. The molecule has 3 heteroatoms. The van der Waals surface area contributed by atoms with Gasteiger partial charge in [-0.05, 0) is 31.6 Å². The van der Waals surface area contributed by atoms with Crippen molar-refractivity contribution in [1.29, 1.82) is 0 Å². The van der Waals surface area contributed by atoms with Gasteiger partial charge in [-0.1, -0.05) is 13.3 Å². The van der Waals surface area contributed by atoms with Crippen LogP contribution >= 0.6 is 0 Å². The minimum absolute atomic E-state index is 0.0842. The smallest absolute Gasteiger partial charge is 0.0618 e. The standard InChI is InChI=1S/C13H25NO2/c1-13(9-15)7-3-4-12(13)14-11(8-16-2)10-5-6-10/h10-12,14-15H,3-9H2,1-2H3. The number of hydrogen-bond donors (Lipinski definition) is 2. The van der Waals surface area contributed by atoms with Gasteiger partial charge in [-0.25, -0.2) is 0 Å². The quantitative estimate of drug-likeness (QED) is 0.723. The normalized spacial score (nSPS) is 36.6. The molecule has 0 amide bonds. The first-order valence-corrected chi connectivity index (χ1v) is 6.55. The summed E-state index contributed by atoms with van der Waals surface area (Å²) in [5, 5.41) is 13.3. The fourth-order valence-electron chi connectivity index (χ4n) is 2.96. The van der Waals surface area contributed by atoms with Crippen LogP contribution in [0.3, 0.4) is 0 Å². The van der Waals surface area contributed by atoms with E-state index >= 15 is 0 Å². The molecule has 0 saturated heterocycles. The van der Waals surface area contributed by atoms with Crippen LogP contribution in [-0.2, 0) is 4.74 Å². The van der Waals surface area contributed by atoms with Crippen molar-refractivity contribution in [2.45, 2.75) is 51.1 Å². The molecule has 3 nitrogen and oxygen atoms in total. The summed E-state index contributed by atoms with van der Waals surface area (Å²) in [6.45, 7) is 3.31. The molecule has 2 fully saturated rings. The van der Waals surface area contributed by atoms with E-state index < -0.39 is 0 Å². The summed E-state index contributed by atoms with van der Waals surface area (Å²) in [4.78, 5) is 0. The van der Waals surface area contributed by atoms with Crippen molar-refractivity contribution in [2.75, 3.05) is 20.3 Å². The van der Waals surface area contributed by atoms with Crippen molar-refractivity contribution in [3.63, 3.8) is 0 Å². The number of rotatable bonds is 6. The zero-order valence-electron chi connectivity index (χ0n) is 10.5. The van der Waals surface area contributed by atoms with Gasteiger partial charge < -0.3 is 15.2 Å². The SMILES string of the molecule is COCC(NC1CCCC1(C)CO)C1CC1. The first-order valence-electron chi connectivity index (χ1n) is 6.55. The summed E-state index contributed by atoms with van der Waals surface area (Å²) >= 11 is 0. The highest BCUT2D eigenvalue weighted by molar-refractivity contribution is 4.97. The summed E-state index contributed by atoms with van der Waals surface area (Å²) in [5.41, 5.74) is 0.0842. The average molecular weight is 227 g/mol. The van der Waals surface area contributed by atoms with Crippen LogP contribution in [0.4, 0.5) is 0 Å². The van der Waals surface area contributed by atoms with E-state index in [2.05, 4.69) is 12.2 Å². The molecule has 2 N–H and O–H groups in total. The molecule has 3 atom stereocenters. The van der Waals surface area contributed by atoms with Crippen molar-refractivity contribution in [3.8, 4) is 0 Å². The van der Waals surface area contributed by atoms with E-state index in [4.69, 9.17) is 4.74 Å². The Hall–Kier alpha value is -0.120. The van der Waals surface area contributed by atoms with Gasteiger partial charge >= 0.3 is 0 Å². The van der Waals surface area contributed by atoms with E-state index in [1.54, 1.807) is 7.11 Å². The van der Waals surface area contributed by atoms with Crippen molar-refractivity contribution in [1.82, 2.24) is 5.32 Å². The summed E-state index contributed by atoms with van der Waals surface area (Å²) in [6, 6.07) is 0.970. The first-order chi connectivity index (χ1) is 7.69. The highest BCUT2D eigenvalue weighted by Crippen LogP contribution is 2.40. The lowest BCUT2D eigenvalue weighted by Gasteiger charge is -2.33. The molecule has 2 rings (SSSR count). The van der Waals surface area contributed by atoms with Crippen LogP contribution in [0.1, 0.15) is 39.0 Å². The lowest BCUT2D eigenvalue weighted by Crippen LogP contribution is -2.49. The number of nitrogens with one attached hydrogen (secondary N) is 1. The first kappa shape index (κ1) is 12.3. The molecule has 16 heavy (non-hydrogen) atoms. The maximum absolute atomic E-state index is 9.52. The second-order valence-corrected chi connectivity index (χ2v) is 5.82. The third kappa shape index (κ3) is 2.58. The predicted molar refractivity (Wildman–Crippen MR) is 64.4 cm³/mol. The average Bonchev–Trinajstić information content (AvgIpc) is 3.05. The molecule has 0 spiro atoms. The lowest BCUT2D eigenvalue weighted by atomic mass is 9.85. The van der Waals surface area contributed by atoms with Crippen molar-refractivity contribution >= 4 is 0 Å². The molecule has 0 aromatic heterocycles. The van der Waals surface area contributed by atoms with Gasteiger partial charge in [0.25, 0.3) is 0 Å². The third-order valence-electron chi connectivity index (χ3n) is 4.40.